The average molecular weight is 502 g/mol. The minimum atomic E-state index is -0.978. The Hall–Kier alpha value is -4.59. The Labute approximate surface area is 214 Å². The molecule has 0 spiro atoms. The quantitative estimate of drug-likeness (QED) is 0.217. The lowest BCUT2D eigenvalue weighted by Crippen LogP contribution is -2.29. The fourth-order valence-corrected chi connectivity index (χ4v) is 4.47. The van der Waals surface area contributed by atoms with Crippen LogP contribution in [0.1, 0.15) is 40.0 Å². The number of aryl methyl sites for hydroxylation is 1. The third-order valence-electron chi connectivity index (χ3n) is 6.36. The van der Waals surface area contributed by atoms with E-state index in [1.54, 1.807) is 36.4 Å². The summed E-state index contributed by atoms with van der Waals surface area (Å²) in [6.07, 6.45) is 0.806. The van der Waals surface area contributed by atoms with Crippen molar-refractivity contribution in [1.82, 2.24) is 0 Å². The molecule has 1 amide bonds. The van der Waals surface area contributed by atoms with E-state index in [4.69, 9.17) is 14.2 Å². The zero-order valence-electron chi connectivity index (χ0n) is 21.0. The number of amides is 1. The van der Waals surface area contributed by atoms with E-state index in [1.165, 1.54) is 32.3 Å². The van der Waals surface area contributed by atoms with E-state index in [9.17, 15) is 19.5 Å². The second-order valence-electron chi connectivity index (χ2n) is 8.34. The lowest BCUT2D eigenvalue weighted by molar-refractivity contribution is -0.132. The number of ether oxygens (including phenoxy) is 3. The first-order valence-corrected chi connectivity index (χ1v) is 11.7. The number of ketones is 1. The molecule has 3 aromatic carbocycles. The number of hydrogen-bond acceptors (Lipinski definition) is 7. The third-order valence-corrected chi connectivity index (χ3v) is 6.36. The molecule has 1 saturated heterocycles. The molecule has 0 aliphatic carbocycles. The number of aliphatic hydroxyl groups excluding tert-OH is 1. The molecule has 8 nitrogen and oxygen atoms in total. The SMILES string of the molecule is CCc1ccc(C2/C(=C(\O)c3c(OC)cccc3OC)C(=O)C(=O)N2c2cccc(C(=O)OC)c2)cc1. The lowest BCUT2D eigenvalue weighted by atomic mass is 9.93. The zero-order valence-corrected chi connectivity index (χ0v) is 21.0. The van der Waals surface area contributed by atoms with E-state index in [2.05, 4.69) is 0 Å². The molecule has 1 aliphatic rings. The van der Waals surface area contributed by atoms with Crippen LogP contribution in [0.5, 0.6) is 11.5 Å². The molecule has 190 valence electrons. The number of anilines is 1. The first-order chi connectivity index (χ1) is 17.9. The minimum absolute atomic E-state index is 0.125. The maximum atomic E-state index is 13.5. The van der Waals surface area contributed by atoms with Crippen molar-refractivity contribution >= 4 is 29.1 Å². The molecular weight excluding hydrogens is 474 g/mol. The molecule has 1 fully saturated rings. The molecule has 0 radical (unpaired) electrons. The number of carbonyl (C=O) groups is 3. The van der Waals surface area contributed by atoms with E-state index in [0.29, 0.717) is 11.3 Å². The van der Waals surface area contributed by atoms with Gasteiger partial charge in [0.15, 0.2) is 0 Å². The molecule has 1 unspecified atom stereocenters. The maximum absolute atomic E-state index is 13.5. The molecule has 0 aromatic heterocycles. The number of esters is 1. The second-order valence-corrected chi connectivity index (χ2v) is 8.34. The summed E-state index contributed by atoms with van der Waals surface area (Å²) in [5, 5.41) is 11.6. The van der Waals surface area contributed by atoms with Gasteiger partial charge < -0.3 is 19.3 Å². The molecule has 1 heterocycles. The van der Waals surface area contributed by atoms with E-state index in [1.807, 2.05) is 31.2 Å². The summed E-state index contributed by atoms with van der Waals surface area (Å²) in [4.78, 5) is 40.4. The van der Waals surface area contributed by atoms with Gasteiger partial charge in [-0.1, -0.05) is 43.3 Å². The number of Topliss-reactive ketones (excluding diaryl/α,β-unsaturated/α-hetero) is 1. The van der Waals surface area contributed by atoms with Gasteiger partial charge in [0, 0.05) is 5.69 Å². The summed E-state index contributed by atoms with van der Waals surface area (Å²) < 4.78 is 15.7. The molecule has 4 rings (SSSR count). The van der Waals surface area contributed by atoms with Gasteiger partial charge in [0.05, 0.1) is 38.5 Å². The van der Waals surface area contributed by atoms with Crippen LogP contribution in [0.3, 0.4) is 0 Å². The molecular formula is C29H27NO7. The topological polar surface area (TPSA) is 102 Å². The van der Waals surface area contributed by atoms with Gasteiger partial charge >= 0.3 is 5.97 Å². The van der Waals surface area contributed by atoms with Gasteiger partial charge in [-0.2, -0.15) is 0 Å². The van der Waals surface area contributed by atoms with Crippen LogP contribution >= 0.6 is 0 Å². The first kappa shape index (κ1) is 25.5. The van der Waals surface area contributed by atoms with E-state index < -0.39 is 29.5 Å². The Balaban J connectivity index is 1.99. The van der Waals surface area contributed by atoms with Crippen molar-refractivity contribution in [2.45, 2.75) is 19.4 Å². The van der Waals surface area contributed by atoms with E-state index >= 15 is 0 Å². The van der Waals surface area contributed by atoms with Crippen LogP contribution in [-0.2, 0) is 20.7 Å². The van der Waals surface area contributed by atoms with Gasteiger partial charge in [0.25, 0.3) is 11.7 Å². The Kier molecular flexibility index (Phi) is 7.29. The Morgan fingerprint density at radius 1 is 0.919 bits per heavy atom. The predicted octanol–water partition coefficient (Wildman–Crippen LogP) is 4.68. The summed E-state index contributed by atoms with van der Waals surface area (Å²) in [6, 6.07) is 17.7. The summed E-state index contributed by atoms with van der Waals surface area (Å²) in [5.41, 5.74) is 2.23. The highest BCUT2D eigenvalue weighted by molar-refractivity contribution is 6.51. The van der Waals surface area contributed by atoms with Gasteiger partial charge in [-0.15, -0.1) is 0 Å². The van der Waals surface area contributed by atoms with Crippen molar-refractivity contribution < 1.29 is 33.7 Å². The van der Waals surface area contributed by atoms with Gasteiger partial charge in [-0.05, 0) is 47.9 Å². The van der Waals surface area contributed by atoms with Crippen LogP contribution in [0.25, 0.3) is 5.76 Å². The number of carbonyl (C=O) groups excluding carboxylic acids is 3. The molecule has 37 heavy (non-hydrogen) atoms. The smallest absolute Gasteiger partial charge is 0.337 e. The van der Waals surface area contributed by atoms with Gasteiger partial charge in [0.2, 0.25) is 0 Å². The van der Waals surface area contributed by atoms with Crippen LogP contribution in [-0.4, -0.2) is 44.1 Å². The second kappa shape index (κ2) is 10.6. The monoisotopic (exact) mass is 501 g/mol. The van der Waals surface area contributed by atoms with E-state index in [0.717, 1.165) is 12.0 Å². The van der Waals surface area contributed by atoms with Crippen LogP contribution in [0.2, 0.25) is 0 Å². The fourth-order valence-electron chi connectivity index (χ4n) is 4.47. The maximum Gasteiger partial charge on any atom is 0.337 e. The molecule has 3 aromatic rings. The number of aliphatic hydroxyl groups is 1. The summed E-state index contributed by atoms with van der Waals surface area (Å²) in [7, 11) is 4.13. The number of nitrogens with zero attached hydrogens (tertiary/aromatic N) is 1. The molecule has 1 atom stereocenters. The summed E-state index contributed by atoms with van der Waals surface area (Å²) in [6.45, 7) is 2.02. The summed E-state index contributed by atoms with van der Waals surface area (Å²) in [5.74, 6) is -2.18. The van der Waals surface area contributed by atoms with Crippen LogP contribution in [0.15, 0.2) is 72.3 Å². The fraction of sp³-hybridized carbons (Fsp3) is 0.207. The van der Waals surface area contributed by atoms with Crippen molar-refractivity contribution in [2.75, 3.05) is 26.2 Å². The largest absolute Gasteiger partial charge is 0.506 e. The highest BCUT2D eigenvalue weighted by atomic mass is 16.5. The molecule has 0 bridgehead atoms. The molecule has 0 saturated carbocycles. The van der Waals surface area contributed by atoms with Crippen molar-refractivity contribution in [3.63, 3.8) is 0 Å². The van der Waals surface area contributed by atoms with Crippen molar-refractivity contribution in [3.05, 3.63) is 94.6 Å². The Morgan fingerprint density at radius 2 is 1.54 bits per heavy atom. The van der Waals surface area contributed by atoms with Gasteiger partial charge in [-0.3, -0.25) is 14.5 Å². The Bertz CT molecular complexity index is 1370. The molecule has 8 heteroatoms. The first-order valence-electron chi connectivity index (χ1n) is 11.7. The van der Waals surface area contributed by atoms with Crippen LogP contribution < -0.4 is 14.4 Å². The zero-order chi connectivity index (χ0) is 26.7. The van der Waals surface area contributed by atoms with Gasteiger partial charge in [-0.25, -0.2) is 4.79 Å². The van der Waals surface area contributed by atoms with Gasteiger partial charge in [0.1, 0.15) is 22.8 Å². The molecule has 1 N–H and O–H groups in total. The number of methoxy groups -OCH3 is 3. The normalized spacial score (nSPS) is 16.5. The third kappa shape index (κ3) is 4.53. The highest BCUT2D eigenvalue weighted by Crippen LogP contribution is 2.45. The predicted molar refractivity (Wildman–Crippen MR) is 138 cm³/mol. The number of rotatable bonds is 7. The average Bonchev–Trinajstić information content (AvgIpc) is 3.21. The Morgan fingerprint density at radius 3 is 2.11 bits per heavy atom. The lowest BCUT2D eigenvalue weighted by Gasteiger charge is -2.26. The number of hydrogen-bond donors (Lipinski definition) is 1. The van der Waals surface area contributed by atoms with Crippen LogP contribution in [0, 0.1) is 0 Å². The van der Waals surface area contributed by atoms with Crippen molar-refractivity contribution in [1.29, 1.82) is 0 Å². The minimum Gasteiger partial charge on any atom is -0.506 e. The summed E-state index contributed by atoms with van der Waals surface area (Å²) >= 11 is 0. The van der Waals surface area contributed by atoms with Crippen LogP contribution in [0.4, 0.5) is 5.69 Å². The highest BCUT2D eigenvalue weighted by Gasteiger charge is 2.47. The van der Waals surface area contributed by atoms with Crippen molar-refractivity contribution in [2.24, 2.45) is 0 Å². The molecule has 1 aliphatic heterocycles. The standard InChI is InChI=1S/C29H27NO7/c1-5-17-12-14-18(15-13-17)25-24(26(31)23-21(35-2)10-7-11-22(23)36-3)27(32)28(33)30(25)20-9-6-8-19(16-20)29(34)37-4/h6-16,25,31H,5H2,1-4H3/b26-24+. The van der Waals surface area contributed by atoms with E-state index in [-0.39, 0.29) is 28.2 Å². The van der Waals surface area contributed by atoms with Crippen molar-refractivity contribution in [3.8, 4) is 11.5 Å². The number of benzene rings is 3.